The van der Waals surface area contributed by atoms with E-state index < -0.39 is 0 Å². The van der Waals surface area contributed by atoms with E-state index in [1.165, 1.54) is 38.5 Å². The van der Waals surface area contributed by atoms with Gasteiger partial charge in [-0.1, -0.05) is 18.9 Å². The van der Waals surface area contributed by atoms with Crippen molar-refractivity contribution in [2.24, 2.45) is 0 Å². The normalized spacial score (nSPS) is 18.2. The molecule has 5 nitrogen and oxygen atoms in total. The molecule has 2 aromatic carbocycles. The Kier molecular flexibility index (Phi) is 8.01. The lowest BCUT2D eigenvalue weighted by Gasteiger charge is -2.28. The van der Waals surface area contributed by atoms with Crippen LogP contribution in [0.5, 0.6) is 0 Å². The minimum Gasteiger partial charge on any atom is -0.303 e. The number of hydrogen-bond donors (Lipinski definition) is 2. The zero-order valence-electron chi connectivity index (χ0n) is 20.7. The van der Waals surface area contributed by atoms with Gasteiger partial charge in [0.2, 0.25) is 10.2 Å². The van der Waals surface area contributed by atoms with Gasteiger partial charge in [0, 0.05) is 35.3 Å². The number of carbonyl (C=O) groups excluding carboxylic acids is 3. The van der Waals surface area contributed by atoms with Gasteiger partial charge in [-0.3, -0.25) is 14.4 Å². The predicted molar refractivity (Wildman–Crippen MR) is 150 cm³/mol. The van der Waals surface area contributed by atoms with Gasteiger partial charge in [-0.25, -0.2) is 0 Å². The van der Waals surface area contributed by atoms with Crippen LogP contribution in [0.2, 0.25) is 0 Å². The van der Waals surface area contributed by atoms with Crippen LogP contribution in [0, 0.1) is 0 Å². The summed E-state index contributed by atoms with van der Waals surface area (Å²) in [4.78, 5) is 43.5. The molecule has 3 aliphatic rings. The molecular weight excluding hydrogens is 488 g/mol. The van der Waals surface area contributed by atoms with E-state index in [2.05, 4.69) is 35.1 Å². The zero-order chi connectivity index (χ0) is 25.2. The van der Waals surface area contributed by atoms with Crippen molar-refractivity contribution >= 4 is 41.3 Å². The van der Waals surface area contributed by atoms with Crippen LogP contribution >= 0.6 is 25.3 Å². The molecule has 0 saturated carbocycles. The molecule has 0 aromatic heterocycles. The van der Waals surface area contributed by atoms with Crippen LogP contribution in [0.3, 0.4) is 0 Å². The van der Waals surface area contributed by atoms with Crippen LogP contribution in [-0.4, -0.2) is 65.1 Å². The van der Waals surface area contributed by atoms with E-state index in [0.717, 1.165) is 67.9 Å². The Bertz CT molecular complexity index is 1200. The molecule has 2 aliphatic heterocycles. The third kappa shape index (κ3) is 5.21. The fraction of sp³-hybridized carbons (Fsp3) is 0.483. The van der Waals surface area contributed by atoms with Crippen molar-refractivity contribution in [3.63, 3.8) is 0 Å². The van der Waals surface area contributed by atoms with Crippen molar-refractivity contribution in [3.05, 3.63) is 57.6 Å². The molecule has 1 aliphatic carbocycles. The van der Waals surface area contributed by atoms with Crippen LogP contribution in [-0.2, 0) is 12.8 Å². The Hall–Kier alpha value is -1.93. The van der Waals surface area contributed by atoms with Gasteiger partial charge >= 0.3 is 0 Å². The predicted octanol–water partition coefficient (Wildman–Crippen LogP) is 5.09. The summed E-state index contributed by atoms with van der Waals surface area (Å²) in [6.45, 7) is 6.02. The molecule has 2 heterocycles. The van der Waals surface area contributed by atoms with E-state index in [0.29, 0.717) is 28.7 Å². The highest BCUT2D eigenvalue weighted by molar-refractivity contribution is 7.97. The average molecular weight is 523 g/mol. The fourth-order valence-electron chi connectivity index (χ4n) is 6.13. The number of hydrogen-bond acceptors (Lipinski definition) is 5. The van der Waals surface area contributed by atoms with Crippen molar-refractivity contribution in [1.29, 1.82) is 0 Å². The Morgan fingerprint density at radius 3 is 1.92 bits per heavy atom. The van der Waals surface area contributed by atoms with Crippen molar-refractivity contribution in [3.8, 4) is 11.1 Å². The lowest BCUT2D eigenvalue weighted by atomic mass is 9.88. The first-order chi connectivity index (χ1) is 17.4. The van der Waals surface area contributed by atoms with Gasteiger partial charge < -0.3 is 9.80 Å². The molecule has 2 fully saturated rings. The maximum Gasteiger partial charge on any atom is 0.216 e. The topological polar surface area (TPSA) is 57.7 Å². The molecule has 5 rings (SSSR count). The first-order valence-corrected chi connectivity index (χ1v) is 14.1. The number of ketones is 1. The maximum absolute atomic E-state index is 13.7. The van der Waals surface area contributed by atoms with Crippen LogP contribution in [0.1, 0.15) is 86.3 Å². The first kappa shape index (κ1) is 25.7. The molecule has 0 spiro atoms. The molecule has 0 bridgehead atoms. The molecule has 190 valence electrons. The SMILES string of the molecule is O=C(S)c1ccc2c(c1)C(=O)c1c-2cc(CCN2CCCCC2)c(C(=O)S)c1CCN1CCCCC1. The summed E-state index contributed by atoms with van der Waals surface area (Å²) in [5.74, 6) is -0.108. The highest BCUT2D eigenvalue weighted by atomic mass is 32.1. The number of benzene rings is 2. The monoisotopic (exact) mass is 522 g/mol. The van der Waals surface area contributed by atoms with Crippen LogP contribution < -0.4 is 0 Å². The lowest BCUT2D eigenvalue weighted by Crippen LogP contribution is -2.32. The largest absolute Gasteiger partial charge is 0.303 e. The van der Waals surface area contributed by atoms with Crippen molar-refractivity contribution < 1.29 is 14.4 Å². The maximum atomic E-state index is 13.7. The molecule has 7 heteroatoms. The zero-order valence-corrected chi connectivity index (χ0v) is 22.5. The highest BCUT2D eigenvalue weighted by Gasteiger charge is 2.34. The fourth-order valence-corrected chi connectivity index (χ4v) is 6.55. The minimum absolute atomic E-state index is 0.108. The summed E-state index contributed by atoms with van der Waals surface area (Å²) >= 11 is 8.26. The first-order valence-electron chi connectivity index (χ1n) is 13.2. The second-order valence-corrected chi connectivity index (χ2v) is 11.1. The molecule has 0 amide bonds. The van der Waals surface area contributed by atoms with Crippen molar-refractivity contribution in [2.75, 3.05) is 39.3 Å². The van der Waals surface area contributed by atoms with Crippen LogP contribution in [0.15, 0.2) is 24.3 Å². The Morgan fingerprint density at radius 1 is 0.722 bits per heavy atom. The second-order valence-electron chi connectivity index (χ2n) is 10.3. The van der Waals surface area contributed by atoms with Gasteiger partial charge in [-0.15, -0.1) is 25.3 Å². The number of likely N-dealkylation sites (tertiary alicyclic amines) is 2. The number of nitrogens with zero attached hydrogens (tertiary/aromatic N) is 2. The van der Waals surface area contributed by atoms with Gasteiger partial charge in [0.25, 0.3) is 0 Å². The van der Waals surface area contributed by atoms with Crippen LogP contribution in [0.4, 0.5) is 0 Å². The van der Waals surface area contributed by atoms with E-state index in [-0.39, 0.29) is 16.0 Å². The smallest absolute Gasteiger partial charge is 0.216 e. The van der Waals surface area contributed by atoms with Crippen LogP contribution in [0.25, 0.3) is 11.1 Å². The summed E-state index contributed by atoms with van der Waals surface area (Å²) in [7, 11) is 0. The summed E-state index contributed by atoms with van der Waals surface area (Å²) in [6.07, 6.45) is 8.76. The second kappa shape index (κ2) is 11.2. The van der Waals surface area contributed by atoms with Gasteiger partial charge in [-0.05, 0) is 105 Å². The van der Waals surface area contributed by atoms with Gasteiger partial charge in [-0.2, -0.15) is 0 Å². The number of fused-ring (bicyclic) bond motifs is 3. The van der Waals surface area contributed by atoms with Gasteiger partial charge in [0.1, 0.15) is 0 Å². The van der Waals surface area contributed by atoms with E-state index in [1.54, 1.807) is 12.1 Å². The highest BCUT2D eigenvalue weighted by Crippen LogP contribution is 2.42. The minimum atomic E-state index is -0.361. The quantitative estimate of drug-likeness (QED) is 0.404. The molecule has 0 radical (unpaired) electrons. The molecule has 0 N–H and O–H groups in total. The molecular formula is C29H34N2O3S2. The lowest BCUT2D eigenvalue weighted by molar-refractivity contribution is 0.104. The molecule has 0 unspecified atom stereocenters. The molecule has 36 heavy (non-hydrogen) atoms. The average Bonchev–Trinajstić information content (AvgIpc) is 3.17. The Labute approximate surface area is 224 Å². The standard InChI is InChI=1S/C29H34N2O3S2/c32-27-24-18-20(28(33)35)7-8-21(24)23-17-19(9-15-30-11-3-1-4-12-30)25(29(34)36)22(26(23)27)10-16-31-13-5-2-6-14-31/h7-8,17-18H,1-6,9-16H2,(H,33,35)(H,34,36). The number of thiol groups is 2. The van der Waals surface area contributed by atoms with Crippen molar-refractivity contribution in [1.82, 2.24) is 9.80 Å². The Morgan fingerprint density at radius 2 is 1.33 bits per heavy atom. The Balaban J connectivity index is 1.57. The van der Waals surface area contributed by atoms with Crippen molar-refractivity contribution in [2.45, 2.75) is 51.4 Å². The third-order valence-electron chi connectivity index (χ3n) is 8.03. The number of rotatable bonds is 8. The van der Waals surface area contributed by atoms with E-state index in [1.807, 2.05) is 12.1 Å². The molecule has 0 atom stereocenters. The number of piperidine rings is 2. The van der Waals surface area contributed by atoms with Gasteiger partial charge in [0.15, 0.2) is 5.78 Å². The summed E-state index contributed by atoms with van der Waals surface area (Å²) < 4.78 is 0. The summed E-state index contributed by atoms with van der Waals surface area (Å²) in [6, 6.07) is 7.28. The summed E-state index contributed by atoms with van der Waals surface area (Å²) in [5, 5.41) is -0.629. The van der Waals surface area contributed by atoms with Gasteiger partial charge in [0.05, 0.1) is 0 Å². The molecule has 2 aromatic rings. The van der Waals surface area contributed by atoms with E-state index in [9.17, 15) is 14.4 Å². The third-order valence-corrected chi connectivity index (χ3v) is 8.51. The van der Waals surface area contributed by atoms with E-state index >= 15 is 0 Å². The van der Waals surface area contributed by atoms with E-state index in [4.69, 9.17) is 0 Å². The summed E-state index contributed by atoms with van der Waals surface area (Å²) in [5.41, 5.74) is 5.68. The molecule has 2 saturated heterocycles. The number of carbonyl (C=O) groups is 3.